The van der Waals surface area contributed by atoms with Gasteiger partial charge < -0.3 is 14.6 Å². The Labute approximate surface area is 196 Å². The molecule has 3 atom stereocenters. The number of amides is 2. The molecule has 0 spiro atoms. The summed E-state index contributed by atoms with van der Waals surface area (Å²) >= 11 is 5.93. The molecule has 3 rings (SSSR count). The van der Waals surface area contributed by atoms with Gasteiger partial charge in [-0.3, -0.25) is 19.7 Å². The highest BCUT2D eigenvalue weighted by Crippen LogP contribution is 2.26. The molecule has 11 heteroatoms. The van der Waals surface area contributed by atoms with E-state index in [-0.39, 0.29) is 31.8 Å². The van der Waals surface area contributed by atoms with Crippen molar-refractivity contribution in [2.45, 2.75) is 63.8 Å². The first-order valence-corrected chi connectivity index (χ1v) is 11.4. The third kappa shape index (κ3) is 6.35. The van der Waals surface area contributed by atoms with Crippen molar-refractivity contribution in [3.63, 3.8) is 0 Å². The molecule has 2 aliphatic rings. The molecule has 1 aromatic rings. The van der Waals surface area contributed by atoms with Crippen LogP contribution in [0.3, 0.4) is 0 Å². The predicted octanol–water partition coefficient (Wildman–Crippen LogP) is 2.34. The second-order valence-corrected chi connectivity index (χ2v) is 8.34. The average molecular weight is 482 g/mol. The number of fused-ring (bicyclic) bond motifs is 1. The number of carboxylic acid groups (broad SMARTS) is 1. The van der Waals surface area contributed by atoms with Crippen molar-refractivity contribution in [1.82, 2.24) is 15.3 Å². The molecule has 0 aromatic heterocycles. The first-order valence-electron chi connectivity index (χ1n) is 11.0. The number of hydrazine groups is 1. The van der Waals surface area contributed by atoms with Gasteiger partial charge in [0.1, 0.15) is 6.04 Å². The summed E-state index contributed by atoms with van der Waals surface area (Å²) < 4.78 is 10.1. The lowest BCUT2D eigenvalue weighted by atomic mass is 10.0. The fourth-order valence-corrected chi connectivity index (χ4v) is 4.21. The van der Waals surface area contributed by atoms with Gasteiger partial charge in [0, 0.05) is 24.4 Å². The summed E-state index contributed by atoms with van der Waals surface area (Å²) in [5, 5.41) is 15.1. The van der Waals surface area contributed by atoms with Crippen LogP contribution in [0.25, 0.3) is 0 Å². The van der Waals surface area contributed by atoms with Gasteiger partial charge in [-0.15, -0.1) is 0 Å². The Hall–Kier alpha value is -2.85. The molecule has 2 saturated heterocycles. The number of carbonyl (C=O) groups is 4. The van der Waals surface area contributed by atoms with Crippen molar-refractivity contribution in [3.8, 4) is 0 Å². The fourth-order valence-electron chi connectivity index (χ4n) is 4.08. The molecule has 2 heterocycles. The topological polar surface area (TPSA) is 125 Å². The first-order chi connectivity index (χ1) is 15.8. The second kappa shape index (κ2) is 11.3. The normalized spacial score (nSPS) is 21.8. The molecular formula is C22H28ClN3O7. The second-order valence-electron chi connectivity index (χ2n) is 7.91. The Bertz CT molecular complexity index is 879. The highest BCUT2D eigenvalue weighted by Gasteiger charge is 2.44. The van der Waals surface area contributed by atoms with Gasteiger partial charge in [-0.2, -0.15) is 0 Å². The zero-order valence-electron chi connectivity index (χ0n) is 18.4. The summed E-state index contributed by atoms with van der Waals surface area (Å²) in [6, 6.07) is 5.57. The number of carbonyl (C=O) groups excluding carboxylic acids is 3. The van der Waals surface area contributed by atoms with E-state index in [0.29, 0.717) is 30.8 Å². The Morgan fingerprint density at radius 2 is 1.97 bits per heavy atom. The maximum absolute atomic E-state index is 13.4. The Morgan fingerprint density at radius 3 is 2.64 bits per heavy atom. The summed E-state index contributed by atoms with van der Waals surface area (Å²) in [5.41, 5.74) is 0.968. The molecule has 0 radical (unpaired) electrons. The molecule has 10 nitrogen and oxygen atoms in total. The van der Waals surface area contributed by atoms with Gasteiger partial charge in [-0.25, -0.2) is 14.8 Å². The number of rotatable bonds is 8. The largest absolute Gasteiger partial charge is 0.507 e. The summed E-state index contributed by atoms with van der Waals surface area (Å²) in [7, 11) is 0. The minimum atomic E-state index is -1.52. The van der Waals surface area contributed by atoms with Crippen molar-refractivity contribution in [2.24, 2.45) is 0 Å². The van der Waals surface area contributed by atoms with Gasteiger partial charge in [-0.05, 0) is 50.3 Å². The van der Waals surface area contributed by atoms with E-state index in [1.54, 1.807) is 19.1 Å². The number of esters is 1. The molecule has 2 fully saturated rings. The summed E-state index contributed by atoms with van der Waals surface area (Å²) in [5.74, 6) is -1.29. The average Bonchev–Trinajstić information content (AvgIpc) is 2.89. The SMILES string of the molecule is CCOC(=O)C(CCc1ccc(Cl)cc1)NC1CCC(=O)N2CCCC(OC(=O)O)N2C1=O. The number of aryl methyl sites for hydroxylation is 1. The van der Waals surface area contributed by atoms with Gasteiger partial charge in [0.25, 0.3) is 5.91 Å². The highest BCUT2D eigenvalue weighted by atomic mass is 35.5. The van der Waals surface area contributed by atoms with Crippen molar-refractivity contribution < 1.29 is 33.8 Å². The van der Waals surface area contributed by atoms with Crippen LogP contribution in [0, 0.1) is 0 Å². The summed E-state index contributed by atoms with van der Waals surface area (Å²) in [6.07, 6.45) is -0.683. The zero-order chi connectivity index (χ0) is 24.0. The van der Waals surface area contributed by atoms with Gasteiger partial charge in [0.05, 0.1) is 12.6 Å². The number of ether oxygens (including phenoxy) is 2. The Kier molecular flexibility index (Phi) is 8.51. The summed E-state index contributed by atoms with van der Waals surface area (Å²) in [4.78, 5) is 49.8. The number of hydrogen-bond donors (Lipinski definition) is 2. The monoisotopic (exact) mass is 481 g/mol. The molecule has 0 saturated carbocycles. The van der Waals surface area contributed by atoms with E-state index in [4.69, 9.17) is 26.2 Å². The van der Waals surface area contributed by atoms with Crippen LogP contribution >= 0.6 is 11.6 Å². The Morgan fingerprint density at radius 1 is 1.24 bits per heavy atom. The lowest BCUT2D eigenvalue weighted by molar-refractivity contribution is -0.196. The maximum atomic E-state index is 13.4. The van der Waals surface area contributed by atoms with Crippen LogP contribution in [0.2, 0.25) is 5.02 Å². The molecule has 2 amide bonds. The van der Waals surface area contributed by atoms with E-state index in [9.17, 15) is 19.2 Å². The van der Waals surface area contributed by atoms with Gasteiger partial charge >= 0.3 is 12.1 Å². The number of hydrogen-bond acceptors (Lipinski definition) is 7. The molecular weight excluding hydrogens is 454 g/mol. The van der Waals surface area contributed by atoms with E-state index < -0.39 is 36.3 Å². The van der Waals surface area contributed by atoms with Crippen LogP contribution in [0.5, 0.6) is 0 Å². The van der Waals surface area contributed by atoms with Gasteiger partial charge in [-0.1, -0.05) is 23.7 Å². The third-order valence-electron chi connectivity index (χ3n) is 5.66. The van der Waals surface area contributed by atoms with Crippen LogP contribution in [0.15, 0.2) is 24.3 Å². The summed E-state index contributed by atoms with van der Waals surface area (Å²) in [6.45, 7) is 2.18. The van der Waals surface area contributed by atoms with E-state index in [0.717, 1.165) is 10.6 Å². The fraction of sp³-hybridized carbons (Fsp3) is 0.545. The molecule has 1 aromatic carbocycles. The molecule has 0 aliphatic carbocycles. The maximum Gasteiger partial charge on any atom is 0.507 e. The van der Waals surface area contributed by atoms with Crippen LogP contribution < -0.4 is 5.32 Å². The van der Waals surface area contributed by atoms with Gasteiger partial charge in [0.2, 0.25) is 5.91 Å². The smallest absolute Gasteiger partial charge is 0.465 e. The Balaban J connectivity index is 1.77. The molecule has 2 aliphatic heterocycles. The van der Waals surface area contributed by atoms with Crippen molar-refractivity contribution in [2.75, 3.05) is 13.2 Å². The minimum Gasteiger partial charge on any atom is -0.465 e. The molecule has 33 heavy (non-hydrogen) atoms. The minimum absolute atomic E-state index is 0.0758. The van der Waals surface area contributed by atoms with Gasteiger partial charge in [0.15, 0.2) is 6.23 Å². The number of benzene rings is 1. The van der Waals surface area contributed by atoms with Crippen LogP contribution in [-0.2, 0) is 30.3 Å². The standard InChI is InChI=1S/C22H28ClN3O7/c1-2-32-21(29)17(10-7-14-5-8-15(23)9-6-14)24-16-11-12-18(27)25-13-3-4-19(33-22(30)31)26(25)20(16)28/h5-6,8-9,16-17,19,24H,2-4,7,10-13H2,1H3,(H,30,31). The van der Waals surface area contributed by atoms with E-state index in [2.05, 4.69) is 5.32 Å². The van der Waals surface area contributed by atoms with E-state index >= 15 is 0 Å². The van der Waals surface area contributed by atoms with E-state index in [1.165, 1.54) is 5.01 Å². The number of nitrogens with one attached hydrogen (secondary N) is 1. The van der Waals surface area contributed by atoms with Crippen molar-refractivity contribution >= 4 is 35.5 Å². The molecule has 2 N–H and O–H groups in total. The van der Waals surface area contributed by atoms with Crippen molar-refractivity contribution in [1.29, 1.82) is 0 Å². The zero-order valence-corrected chi connectivity index (χ0v) is 19.1. The third-order valence-corrected chi connectivity index (χ3v) is 5.91. The molecule has 180 valence electrons. The number of nitrogens with zero attached hydrogens (tertiary/aromatic N) is 2. The van der Waals surface area contributed by atoms with Crippen LogP contribution in [0.4, 0.5) is 4.79 Å². The highest BCUT2D eigenvalue weighted by molar-refractivity contribution is 6.30. The lowest BCUT2D eigenvalue weighted by Crippen LogP contribution is -2.61. The van der Waals surface area contributed by atoms with Crippen molar-refractivity contribution in [3.05, 3.63) is 34.9 Å². The quantitative estimate of drug-likeness (QED) is 0.542. The van der Waals surface area contributed by atoms with Crippen LogP contribution in [-0.4, -0.2) is 70.5 Å². The van der Waals surface area contributed by atoms with E-state index in [1.807, 2.05) is 12.1 Å². The molecule has 3 unspecified atom stereocenters. The van der Waals surface area contributed by atoms with Crippen LogP contribution in [0.1, 0.15) is 44.6 Å². The lowest BCUT2D eigenvalue weighted by Gasteiger charge is -2.42. The molecule has 0 bridgehead atoms. The number of halogens is 1. The predicted molar refractivity (Wildman–Crippen MR) is 117 cm³/mol. The first kappa shape index (κ1) is 24.8.